The fourth-order valence-corrected chi connectivity index (χ4v) is 5.31. The maximum atomic E-state index is 14.1. The molecule has 0 fully saturated rings. The Bertz CT molecular complexity index is 1380. The second-order valence-corrected chi connectivity index (χ2v) is 10.5. The minimum atomic E-state index is -1.24. The Kier molecular flexibility index (Phi) is 9.75. The van der Waals surface area contributed by atoms with Crippen molar-refractivity contribution in [2.45, 2.75) is 38.2 Å². The second-order valence-electron chi connectivity index (χ2n) is 10.5. The van der Waals surface area contributed by atoms with Crippen LogP contribution in [0.3, 0.4) is 0 Å². The molecule has 9 heteroatoms. The van der Waals surface area contributed by atoms with Crippen molar-refractivity contribution < 1.29 is 34.7 Å². The van der Waals surface area contributed by atoms with Crippen molar-refractivity contribution in [2.24, 2.45) is 16.3 Å². The van der Waals surface area contributed by atoms with E-state index in [-0.39, 0.29) is 48.2 Å². The van der Waals surface area contributed by atoms with E-state index in [1.807, 2.05) is 6.07 Å². The number of rotatable bonds is 15. The highest BCUT2D eigenvalue weighted by atomic mass is 16.5. The number of aliphatic imine (C=N–C) groups is 1. The van der Waals surface area contributed by atoms with E-state index in [1.165, 1.54) is 20.3 Å². The molecule has 0 saturated carbocycles. The number of methoxy groups -OCH3 is 2. The first-order valence-corrected chi connectivity index (χ1v) is 13.4. The van der Waals surface area contributed by atoms with Crippen LogP contribution in [0.5, 0.6) is 23.0 Å². The van der Waals surface area contributed by atoms with Crippen LogP contribution in [0, 0.1) is 17.9 Å². The van der Waals surface area contributed by atoms with Gasteiger partial charge >= 0.3 is 0 Å². The number of hydrogen-bond acceptors (Lipinski definition) is 8. The third-order valence-electron chi connectivity index (χ3n) is 7.63. The van der Waals surface area contributed by atoms with Gasteiger partial charge in [-0.15, -0.1) is 4.99 Å². The number of phenolic OH excluding ortho intramolecular Hbond substituents is 2. The third-order valence-corrected chi connectivity index (χ3v) is 7.63. The summed E-state index contributed by atoms with van der Waals surface area (Å²) in [6.07, 6.45) is 6.96. The first kappa shape index (κ1) is 29.8. The molecule has 0 saturated heterocycles. The summed E-state index contributed by atoms with van der Waals surface area (Å²) in [7, 11) is 2.92. The highest BCUT2D eigenvalue weighted by Gasteiger charge is 2.42. The Labute approximate surface area is 239 Å². The quantitative estimate of drug-likeness (QED) is 0.207. The molecule has 41 heavy (non-hydrogen) atoms. The molecule has 216 valence electrons. The standard InChI is InChI=1S/C32H36N2O7/c1-40-29-13-21(3-5-26(29)36)11-25(12-23-7-9-33-18-23)28(38)15-31(39)32(20-35,17-24-8-10-34-19-24)16-22-4-6-27(37)30(14-22)41-2/h3-10,13-14,18-19,25,28,35-38H,11-12,15-17,20H2,1-2H3/t25-,28-,32-/m1/s1. The van der Waals surface area contributed by atoms with Gasteiger partial charge in [-0.1, -0.05) is 23.8 Å². The van der Waals surface area contributed by atoms with Crippen LogP contribution >= 0.6 is 0 Å². The van der Waals surface area contributed by atoms with Gasteiger partial charge in [-0.3, -0.25) is 4.79 Å². The minimum Gasteiger partial charge on any atom is -0.670 e. The third kappa shape index (κ3) is 7.31. The Morgan fingerprint density at radius 3 is 2.22 bits per heavy atom. The van der Waals surface area contributed by atoms with Crippen LogP contribution in [0.25, 0.3) is 0 Å². The summed E-state index contributed by atoms with van der Waals surface area (Å²) in [5.41, 5.74) is 2.02. The predicted molar refractivity (Wildman–Crippen MR) is 154 cm³/mol. The lowest BCUT2D eigenvalue weighted by molar-refractivity contribution is -0.133. The number of hydrogen-bond donors (Lipinski definition) is 4. The summed E-state index contributed by atoms with van der Waals surface area (Å²) in [6.45, 7) is 1.19. The Hall–Kier alpha value is -4.21. The molecule has 4 N–H and O–H groups in total. The van der Waals surface area contributed by atoms with Gasteiger partial charge in [0.1, 0.15) is 17.9 Å². The average molecular weight is 561 g/mol. The number of ketones is 1. The average Bonchev–Trinajstić information content (AvgIpc) is 3.68. The van der Waals surface area contributed by atoms with Gasteiger partial charge < -0.3 is 34.9 Å². The normalized spacial score (nSPS) is 15.5. The monoisotopic (exact) mass is 560 g/mol. The van der Waals surface area contributed by atoms with Crippen molar-refractivity contribution in [1.29, 1.82) is 0 Å². The van der Waals surface area contributed by atoms with Crippen molar-refractivity contribution in [3.8, 4) is 23.0 Å². The lowest BCUT2D eigenvalue weighted by Crippen LogP contribution is -2.41. The van der Waals surface area contributed by atoms with Crippen molar-refractivity contribution >= 4 is 12.0 Å². The number of aliphatic hydroxyl groups excluding tert-OH is 2. The van der Waals surface area contributed by atoms with Crippen LogP contribution in [-0.4, -0.2) is 59.4 Å². The number of aromatic nitrogens is 1. The van der Waals surface area contributed by atoms with Crippen LogP contribution in [0.1, 0.15) is 29.5 Å². The maximum absolute atomic E-state index is 14.1. The van der Waals surface area contributed by atoms with Gasteiger partial charge in [0.25, 0.3) is 0 Å². The summed E-state index contributed by atoms with van der Waals surface area (Å²) in [4.78, 5) is 22.3. The van der Waals surface area contributed by atoms with E-state index in [9.17, 15) is 25.2 Å². The summed E-state index contributed by atoms with van der Waals surface area (Å²) in [5, 5.41) is 42.3. The number of phenols is 2. The molecule has 2 aromatic carbocycles. The van der Waals surface area contributed by atoms with E-state index >= 15 is 0 Å². The van der Waals surface area contributed by atoms with Crippen LogP contribution < -0.4 is 14.5 Å². The van der Waals surface area contributed by atoms with E-state index in [0.29, 0.717) is 24.2 Å². The minimum absolute atomic E-state index is 0.0179. The zero-order valence-corrected chi connectivity index (χ0v) is 23.2. The zero-order valence-electron chi connectivity index (χ0n) is 23.2. The van der Waals surface area contributed by atoms with E-state index in [1.54, 1.807) is 61.6 Å². The smallest absolute Gasteiger partial charge is 0.176 e. The van der Waals surface area contributed by atoms with Crippen molar-refractivity contribution in [2.75, 3.05) is 20.8 Å². The molecular weight excluding hydrogens is 524 g/mol. The summed E-state index contributed by atoms with van der Waals surface area (Å²) in [6, 6.07) is 11.7. The second kappa shape index (κ2) is 13.4. The molecule has 0 spiro atoms. The number of nitrogens with zero attached hydrogens (tertiary/aromatic N) is 2. The molecule has 4 rings (SSSR count). The summed E-state index contributed by atoms with van der Waals surface area (Å²) >= 11 is 0. The topological polar surface area (TPSA) is 143 Å². The molecule has 3 aromatic rings. The fourth-order valence-electron chi connectivity index (χ4n) is 5.31. The van der Waals surface area contributed by atoms with Crippen molar-refractivity contribution in [3.05, 3.63) is 89.7 Å². The number of benzene rings is 2. The SMILES string of the molecule is COc1cc(C[C@H](Cc2cc[n-]c2)[C@H](O)CC(=O)[C@@](CO)(CC2=C[CH+]N=C2)Cc2ccc(O)c(OC)c2)ccc1O. The molecule has 1 aliphatic rings. The van der Waals surface area contributed by atoms with Gasteiger partial charge in [-0.2, -0.15) is 12.4 Å². The number of allylic oxidation sites excluding steroid dienone is 1. The van der Waals surface area contributed by atoms with E-state index in [2.05, 4.69) is 9.98 Å². The zero-order chi connectivity index (χ0) is 29.4. The molecule has 0 amide bonds. The van der Waals surface area contributed by atoms with E-state index in [4.69, 9.17) is 9.47 Å². The number of ether oxygens (including phenoxy) is 2. The lowest BCUT2D eigenvalue weighted by atomic mass is 9.71. The Balaban J connectivity index is 1.61. The number of aliphatic hydroxyl groups is 2. The molecule has 0 bridgehead atoms. The van der Waals surface area contributed by atoms with Crippen LogP contribution in [-0.2, 0) is 24.1 Å². The molecular formula is C32H36N2O7. The van der Waals surface area contributed by atoms with Crippen LogP contribution in [0.15, 0.2) is 71.5 Å². The molecule has 9 nitrogen and oxygen atoms in total. The van der Waals surface area contributed by atoms with Gasteiger partial charge in [0.2, 0.25) is 0 Å². The Morgan fingerprint density at radius 1 is 0.976 bits per heavy atom. The molecule has 0 unspecified atom stereocenters. The first-order valence-electron chi connectivity index (χ1n) is 13.4. The number of carbonyl (C=O) groups excluding carboxylic acids is 1. The number of Topliss-reactive ketones (excluding diaryl/α,β-unsaturated/α-hetero) is 1. The molecule has 1 aliphatic heterocycles. The molecule has 0 aliphatic carbocycles. The molecule has 2 heterocycles. The fraction of sp³-hybridized carbons (Fsp3) is 0.344. The van der Waals surface area contributed by atoms with E-state index < -0.39 is 18.1 Å². The van der Waals surface area contributed by atoms with Gasteiger partial charge in [-0.05, 0) is 60.6 Å². The van der Waals surface area contributed by atoms with Gasteiger partial charge in [0.15, 0.2) is 29.2 Å². The van der Waals surface area contributed by atoms with Gasteiger partial charge in [-0.25, -0.2) is 0 Å². The van der Waals surface area contributed by atoms with Crippen molar-refractivity contribution in [3.63, 3.8) is 0 Å². The highest BCUT2D eigenvalue weighted by molar-refractivity contribution is 5.89. The largest absolute Gasteiger partial charge is 0.670 e. The van der Waals surface area contributed by atoms with Crippen LogP contribution in [0.4, 0.5) is 0 Å². The first-order chi connectivity index (χ1) is 19.8. The Morgan fingerprint density at radius 2 is 1.63 bits per heavy atom. The van der Waals surface area contributed by atoms with Gasteiger partial charge in [0, 0.05) is 12.8 Å². The van der Waals surface area contributed by atoms with E-state index in [0.717, 1.165) is 16.7 Å². The molecule has 0 radical (unpaired) electrons. The highest BCUT2D eigenvalue weighted by Crippen LogP contribution is 2.37. The van der Waals surface area contributed by atoms with Crippen LogP contribution in [0.2, 0.25) is 0 Å². The molecule has 3 atom stereocenters. The summed E-state index contributed by atoms with van der Waals surface area (Å²) < 4.78 is 10.5. The summed E-state index contributed by atoms with van der Waals surface area (Å²) in [5.74, 6) is -0.0519. The maximum Gasteiger partial charge on any atom is 0.176 e. The number of carbonyl (C=O) groups is 1. The predicted octanol–water partition coefficient (Wildman–Crippen LogP) is 3.58. The lowest BCUT2D eigenvalue weighted by Gasteiger charge is -2.32. The van der Waals surface area contributed by atoms with Crippen molar-refractivity contribution in [1.82, 2.24) is 4.98 Å². The molecule has 1 aromatic heterocycles. The number of aromatic hydroxyl groups is 2. The van der Waals surface area contributed by atoms with Gasteiger partial charge in [0.05, 0.1) is 38.4 Å².